The summed E-state index contributed by atoms with van der Waals surface area (Å²) in [5.41, 5.74) is 0.883. The Morgan fingerprint density at radius 1 is 1.29 bits per heavy atom. The van der Waals surface area contributed by atoms with Crippen LogP contribution in [0.25, 0.3) is 0 Å². The number of piperazine rings is 1. The number of ether oxygens (including phenoxy) is 1. The SMILES string of the molecule is CC(=O)NC[C@H]1CN(c2ccc(N3CC(C=O)N(c4ccsc4)CC3[N+](=O)[O-])c(F)c2)C(=O)O1. The van der Waals surface area contributed by atoms with Crippen LogP contribution in [0.2, 0.25) is 0 Å². The second kappa shape index (κ2) is 9.63. The monoisotopic (exact) mass is 491 g/mol. The van der Waals surface area contributed by atoms with Crippen LogP contribution in [-0.2, 0) is 14.3 Å². The normalized spacial score (nSPS) is 22.5. The molecule has 2 unspecified atom stereocenters. The number of anilines is 3. The first-order chi connectivity index (χ1) is 16.3. The van der Waals surface area contributed by atoms with E-state index in [-0.39, 0.29) is 43.5 Å². The van der Waals surface area contributed by atoms with E-state index in [4.69, 9.17) is 4.74 Å². The van der Waals surface area contributed by atoms with Gasteiger partial charge in [-0.05, 0) is 29.6 Å². The molecule has 0 aliphatic carbocycles. The van der Waals surface area contributed by atoms with Gasteiger partial charge >= 0.3 is 12.3 Å². The molecule has 0 saturated carbocycles. The molecule has 0 radical (unpaired) electrons. The number of benzene rings is 1. The predicted molar refractivity (Wildman–Crippen MR) is 122 cm³/mol. The number of hydrogen-bond donors (Lipinski definition) is 1. The Labute approximate surface area is 197 Å². The molecule has 2 fully saturated rings. The molecule has 2 aliphatic rings. The van der Waals surface area contributed by atoms with Gasteiger partial charge in [0.2, 0.25) is 5.91 Å². The van der Waals surface area contributed by atoms with Crippen LogP contribution < -0.4 is 20.0 Å². The van der Waals surface area contributed by atoms with Gasteiger partial charge in [0.25, 0.3) is 0 Å². The summed E-state index contributed by atoms with van der Waals surface area (Å²) in [4.78, 5) is 50.6. The minimum Gasteiger partial charge on any atom is -0.442 e. The van der Waals surface area contributed by atoms with Crippen molar-refractivity contribution in [3.63, 3.8) is 0 Å². The van der Waals surface area contributed by atoms with Crippen LogP contribution in [0.4, 0.5) is 26.2 Å². The molecular weight excluding hydrogens is 469 g/mol. The quantitative estimate of drug-likeness (QED) is 0.353. The van der Waals surface area contributed by atoms with Crippen molar-refractivity contribution in [2.24, 2.45) is 0 Å². The number of rotatable bonds is 7. The van der Waals surface area contributed by atoms with Crippen molar-refractivity contribution in [1.82, 2.24) is 5.32 Å². The third-order valence-corrected chi connectivity index (χ3v) is 6.42. The molecule has 2 aliphatic heterocycles. The Kier molecular flexibility index (Phi) is 6.63. The van der Waals surface area contributed by atoms with Crippen LogP contribution >= 0.6 is 11.3 Å². The number of amides is 2. The zero-order valence-corrected chi connectivity index (χ0v) is 18.9. The van der Waals surface area contributed by atoms with Crippen molar-refractivity contribution in [2.75, 3.05) is 40.9 Å². The summed E-state index contributed by atoms with van der Waals surface area (Å²) in [6.07, 6.45) is -1.86. The topological polar surface area (TPSA) is 125 Å². The van der Waals surface area contributed by atoms with Crippen LogP contribution in [0.5, 0.6) is 0 Å². The van der Waals surface area contributed by atoms with E-state index in [0.717, 1.165) is 6.07 Å². The van der Waals surface area contributed by atoms with E-state index in [0.29, 0.717) is 12.0 Å². The van der Waals surface area contributed by atoms with Crippen molar-refractivity contribution >= 4 is 46.7 Å². The van der Waals surface area contributed by atoms with Crippen LogP contribution in [0.1, 0.15) is 6.92 Å². The minimum atomic E-state index is -1.28. The summed E-state index contributed by atoms with van der Waals surface area (Å²) in [6.45, 7) is 1.41. The summed E-state index contributed by atoms with van der Waals surface area (Å²) < 4.78 is 20.4. The highest BCUT2D eigenvalue weighted by Gasteiger charge is 2.42. The number of nitrogens with one attached hydrogen (secondary N) is 1. The Bertz CT molecular complexity index is 1100. The molecule has 4 rings (SSSR count). The van der Waals surface area contributed by atoms with Crippen molar-refractivity contribution < 1.29 is 28.4 Å². The lowest BCUT2D eigenvalue weighted by molar-refractivity contribution is -0.520. The summed E-state index contributed by atoms with van der Waals surface area (Å²) in [6, 6.07) is 5.01. The Morgan fingerprint density at radius 2 is 2.09 bits per heavy atom. The largest absolute Gasteiger partial charge is 0.442 e. The first-order valence-corrected chi connectivity index (χ1v) is 11.4. The van der Waals surface area contributed by atoms with E-state index in [2.05, 4.69) is 5.32 Å². The number of nitrogens with zero attached hydrogens (tertiary/aromatic N) is 4. The summed E-state index contributed by atoms with van der Waals surface area (Å²) in [7, 11) is 0. The maximum absolute atomic E-state index is 15.2. The molecule has 0 spiro atoms. The molecular formula is C21H22FN5O6S. The second-order valence-corrected chi connectivity index (χ2v) is 8.72. The fourth-order valence-corrected chi connectivity index (χ4v) is 4.75. The molecule has 34 heavy (non-hydrogen) atoms. The zero-order chi connectivity index (χ0) is 24.4. The van der Waals surface area contributed by atoms with Gasteiger partial charge in [-0.25, -0.2) is 9.18 Å². The molecule has 0 bridgehead atoms. The number of nitro groups is 1. The van der Waals surface area contributed by atoms with Crippen molar-refractivity contribution in [3.8, 4) is 0 Å². The van der Waals surface area contributed by atoms with Crippen molar-refractivity contribution in [2.45, 2.75) is 25.2 Å². The first-order valence-electron chi connectivity index (χ1n) is 10.4. The van der Waals surface area contributed by atoms with Gasteiger partial charge in [-0.3, -0.25) is 19.8 Å². The van der Waals surface area contributed by atoms with Gasteiger partial charge < -0.3 is 24.6 Å². The second-order valence-electron chi connectivity index (χ2n) is 7.94. The smallest absolute Gasteiger partial charge is 0.414 e. The number of carbonyl (C=O) groups excluding carboxylic acids is 3. The van der Waals surface area contributed by atoms with Gasteiger partial charge in [0.15, 0.2) is 0 Å². The van der Waals surface area contributed by atoms with Crippen molar-refractivity contribution in [1.29, 1.82) is 0 Å². The minimum absolute atomic E-state index is 0.0374. The highest BCUT2D eigenvalue weighted by Crippen LogP contribution is 2.32. The summed E-state index contributed by atoms with van der Waals surface area (Å²) in [5, 5.41) is 18.0. The lowest BCUT2D eigenvalue weighted by Crippen LogP contribution is -2.62. The Balaban J connectivity index is 1.56. The van der Waals surface area contributed by atoms with Gasteiger partial charge in [-0.2, -0.15) is 11.3 Å². The summed E-state index contributed by atoms with van der Waals surface area (Å²) >= 11 is 1.41. The number of thiophene rings is 1. The Morgan fingerprint density at radius 3 is 2.71 bits per heavy atom. The summed E-state index contributed by atoms with van der Waals surface area (Å²) in [5.74, 6) is -1.03. The van der Waals surface area contributed by atoms with Crippen LogP contribution in [0.3, 0.4) is 0 Å². The number of hydrogen-bond acceptors (Lipinski definition) is 9. The predicted octanol–water partition coefficient (Wildman–Crippen LogP) is 1.85. The van der Waals surface area contributed by atoms with Gasteiger partial charge in [0, 0.05) is 22.9 Å². The number of carbonyl (C=O) groups is 3. The van der Waals surface area contributed by atoms with Gasteiger partial charge in [0.1, 0.15) is 30.8 Å². The average Bonchev–Trinajstić information content (AvgIpc) is 3.46. The average molecular weight is 492 g/mol. The van der Waals surface area contributed by atoms with E-state index in [9.17, 15) is 24.5 Å². The lowest BCUT2D eigenvalue weighted by Gasteiger charge is -2.42. The molecule has 180 valence electrons. The Hall–Kier alpha value is -3.74. The van der Waals surface area contributed by atoms with Gasteiger partial charge in [0.05, 0.1) is 31.0 Å². The molecule has 3 atom stereocenters. The maximum atomic E-state index is 15.2. The van der Waals surface area contributed by atoms with E-state index in [1.165, 1.54) is 40.2 Å². The molecule has 2 amide bonds. The number of aldehydes is 1. The van der Waals surface area contributed by atoms with E-state index in [1.807, 2.05) is 5.38 Å². The highest BCUT2D eigenvalue weighted by atomic mass is 32.1. The molecule has 3 heterocycles. The molecule has 1 aromatic heterocycles. The standard InChI is InChI=1S/C21H22FN5O6S/c1-13(29)23-7-17-9-25(21(30)33-17)14-2-3-19(18(22)6-14)26-8-16(11-28)24(10-20(26)27(31)32)15-4-5-34-12-15/h2-6,11-12,16-17,20H,7-10H2,1H3,(H,23,29)/t16?,17-,20?/m0/s1. The lowest BCUT2D eigenvalue weighted by atomic mass is 10.1. The third-order valence-electron chi connectivity index (χ3n) is 5.75. The molecule has 1 aromatic carbocycles. The highest BCUT2D eigenvalue weighted by molar-refractivity contribution is 7.08. The van der Waals surface area contributed by atoms with Crippen LogP contribution in [0.15, 0.2) is 35.0 Å². The molecule has 2 saturated heterocycles. The van der Waals surface area contributed by atoms with Crippen LogP contribution in [-0.4, -0.2) is 67.7 Å². The molecule has 13 heteroatoms. The first kappa shape index (κ1) is 23.4. The van der Waals surface area contributed by atoms with Gasteiger partial charge in [-0.15, -0.1) is 0 Å². The molecule has 11 nitrogen and oxygen atoms in total. The van der Waals surface area contributed by atoms with E-state index in [1.54, 1.807) is 16.3 Å². The van der Waals surface area contributed by atoms with Crippen LogP contribution in [0, 0.1) is 15.9 Å². The fourth-order valence-electron chi connectivity index (χ4n) is 4.10. The molecule has 1 N–H and O–H groups in total. The zero-order valence-electron chi connectivity index (χ0n) is 18.1. The fraction of sp³-hybridized carbons (Fsp3) is 0.381. The maximum Gasteiger partial charge on any atom is 0.414 e. The third kappa shape index (κ3) is 4.64. The number of cyclic esters (lactones) is 1. The van der Waals surface area contributed by atoms with Crippen molar-refractivity contribution in [3.05, 3.63) is 51.0 Å². The number of halogens is 1. The van der Waals surface area contributed by atoms with E-state index < -0.39 is 35.1 Å². The molecule has 2 aromatic rings. The van der Waals surface area contributed by atoms with E-state index >= 15 is 4.39 Å². The van der Waals surface area contributed by atoms with Gasteiger partial charge in [-0.1, -0.05) is 0 Å².